The monoisotopic (exact) mass is 1700 g/mol. The van der Waals surface area contributed by atoms with Gasteiger partial charge in [-0.1, -0.05) is 61.2 Å². The van der Waals surface area contributed by atoms with E-state index in [1.807, 2.05) is 19.9 Å². The van der Waals surface area contributed by atoms with Crippen LogP contribution >= 0.6 is 83.5 Å². The van der Waals surface area contributed by atoms with Crippen molar-refractivity contribution in [1.29, 1.82) is 0 Å². The van der Waals surface area contributed by atoms with Gasteiger partial charge in [0, 0.05) is 87.6 Å². The van der Waals surface area contributed by atoms with Crippen molar-refractivity contribution in [3.8, 4) is 5.88 Å². The van der Waals surface area contributed by atoms with E-state index < -0.39 is 164 Å². The van der Waals surface area contributed by atoms with Gasteiger partial charge < -0.3 is 58.0 Å². The Labute approximate surface area is 609 Å². The Balaban J connectivity index is 0.000000317. The quantitative estimate of drug-likeness (QED) is 0.0122. The molecule has 0 saturated carbocycles. The van der Waals surface area contributed by atoms with Gasteiger partial charge in [-0.3, -0.25) is 57.4 Å². The molecule has 4 aromatic heterocycles. The maximum absolute atomic E-state index is 13.6. The molecular formula is C58H88Cl4F4N8O18S4Si2Sn. The Hall–Kier alpha value is -3.27. The summed E-state index contributed by atoms with van der Waals surface area (Å²) < 4.78 is 101. The van der Waals surface area contributed by atoms with Crippen LogP contribution in [0.4, 0.5) is 17.6 Å². The number of alkyl halides is 4. The van der Waals surface area contributed by atoms with Crippen LogP contribution in [-0.2, 0) is 47.5 Å². The number of H-pyrrole nitrogens is 3. The van der Waals surface area contributed by atoms with Gasteiger partial charge >= 0.3 is 67.5 Å². The standard InChI is InChI=1S/C14H19FN2O4S.C12H17FN2O3S.C12H19FO5.C10H13FN2O5S.C10H20N2OSSi2.4ClH.Sn/c1-4-14(7-15)8(2)11(20-9(3)18)12(21-14)17-6-5-10(19)16-13(17)22;1-3-12(6-13)7(2)9(17)10(18-12)15-5-4-8(16)14-11(15)19;1-5-12(6-13)7(2)10(16-8(3)14)11(18-12)17-9(4)15;11-3-10(4-14)7(17)6(16)8(18-10)13-2-1-5(15)12-9(13)19;1-15(2,3)13-9-7-8-11-10(12-9)14-16(4,5)6;;;;;/h5-6,8,11-12H,4,7H2,1-3H3,(H,16,19,22);4-5,7,9-10,17H,3,6H2,1-2H3,(H,14,16,19);7,10-11H,5-6H2,1-4H3;1-2,6-8,14,16-17H,3-4H2,(H,12,15,19);7-8H,1-6H3;4*1H;/q;;;;;;;;;+4/p-4/t8?,11-,12-,14+;7?,9-,10-,12+;7-,10?,11?,12+;6-,7?,8-,10-;;;;;;/m1111....../s1. The van der Waals surface area contributed by atoms with E-state index in [0.717, 1.165) is 17.1 Å². The van der Waals surface area contributed by atoms with Gasteiger partial charge in [-0.05, 0) is 75.6 Å². The molecule has 8 rings (SSSR count). The van der Waals surface area contributed by atoms with E-state index in [0.29, 0.717) is 19.3 Å². The first-order chi connectivity index (χ1) is 45.8. The Morgan fingerprint density at radius 1 is 0.606 bits per heavy atom. The summed E-state index contributed by atoms with van der Waals surface area (Å²) in [5.74, 6) is -1.94. The average molecular weight is 1710 g/mol. The topological polar surface area (TPSA) is 345 Å². The van der Waals surface area contributed by atoms with Gasteiger partial charge in [-0.25, -0.2) is 22.5 Å². The first-order valence-electron chi connectivity index (χ1n) is 30.8. The molecule has 0 bridgehead atoms. The molecule has 99 heavy (non-hydrogen) atoms. The number of hydrogen-bond donors (Lipinski definition) is 7. The van der Waals surface area contributed by atoms with Crippen molar-refractivity contribution in [2.45, 2.75) is 204 Å². The zero-order valence-electron chi connectivity index (χ0n) is 57.1. The summed E-state index contributed by atoms with van der Waals surface area (Å²) in [5, 5.41) is 39.9. The summed E-state index contributed by atoms with van der Waals surface area (Å²) in [6.07, 6.45) is -2.01. The van der Waals surface area contributed by atoms with Crippen molar-refractivity contribution in [2.24, 2.45) is 17.8 Å². The molecular weight excluding hydrogens is 1620 g/mol. The van der Waals surface area contributed by atoms with Crippen LogP contribution in [0.25, 0.3) is 0 Å². The number of hydrogen-bond acceptors (Lipinski definition) is 24. The molecule has 8 heterocycles. The van der Waals surface area contributed by atoms with Crippen LogP contribution in [0.1, 0.15) is 100 Å². The predicted octanol–water partition coefficient (Wildman–Crippen LogP) is 10.1. The number of rotatable bonds is 18. The molecule has 560 valence electrons. The number of halogens is 8. The van der Waals surface area contributed by atoms with Crippen molar-refractivity contribution in [3.05, 3.63) is 94.4 Å². The number of ether oxygens (including phenoxy) is 7. The van der Waals surface area contributed by atoms with Crippen LogP contribution < -0.4 is 21.1 Å². The number of aliphatic hydroxyl groups excluding tert-OH is 4. The second-order valence-corrected chi connectivity index (χ2v) is 65.3. The number of carbonyl (C=O) groups is 3. The number of aromatic nitrogens is 8. The third-order valence-electron chi connectivity index (χ3n) is 16.0. The van der Waals surface area contributed by atoms with Crippen LogP contribution in [-0.4, -0.2) is 199 Å². The molecule has 4 fully saturated rings. The summed E-state index contributed by atoms with van der Waals surface area (Å²) in [7, 11) is 17.3. The third kappa shape index (κ3) is 25.2. The van der Waals surface area contributed by atoms with Crippen molar-refractivity contribution in [2.75, 3.05) is 33.3 Å². The van der Waals surface area contributed by atoms with Gasteiger partial charge in [0.2, 0.25) is 20.5 Å². The molecule has 4 saturated heterocycles. The summed E-state index contributed by atoms with van der Waals surface area (Å²) in [5.41, 5.74) is -6.12. The predicted molar refractivity (Wildman–Crippen MR) is 378 cm³/mol. The molecule has 41 heteroatoms. The number of nitrogens with zero attached hydrogens (tertiary/aromatic N) is 5. The van der Waals surface area contributed by atoms with Crippen LogP contribution in [0.3, 0.4) is 0 Å². The zero-order chi connectivity index (χ0) is 75.7. The molecule has 7 N–H and O–H groups in total. The minimum absolute atomic E-state index is 0.0450. The molecule has 16 atom stereocenters. The molecule has 4 aliphatic rings. The van der Waals surface area contributed by atoms with E-state index in [1.165, 1.54) is 65.2 Å². The van der Waals surface area contributed by atoms with E-state index >= 15 is 0 Å². The van der Waals surface area contributed by atoms with E-state index in [2.05, 4.69) is 64.2 Å². The second-order valence-electron chi connectivity index (χ2n) is 25.2. The van der Waals surface area contributed by atoms with Crippen LogP contribution in [0, 0.1) is 32.1 Å². The van der Waals surface area contributed by atoms with Crippen molar-refractivity contribution < 1.29 is 90.0 Å². The molecule has 26 nitrogen and oxygen atoms in total. The number of aliphatic hydroxyl groups is 4. The van der Waals surface area contributed by atoms with Crippen molar-refractivity contribution >= 4 is 131 Å². The molecule has 0 aliphatic carbocycles. The summed E-state index contributed by atoms with van der Waals surface area (Å²) in [6.45, 7) is 23.7. The van der Waals surface area contributed by atoms with Crippen LogP contribution in [0.15, 0.2) is 68.6 Å². The number of nitrogens with one attached hydrogen (secondary N) is 3. The Morgan fingerprint density at radius 3 is 1.32 bits per heavy atom. The third-order valence-corrected chi connectivity index (χ3v) is 21.2. The molecule has 0 radical (unpaired) electrons. The van der Waals surface area contributed by atoms with Crippen molar-refractivity contribution in [3.63, 3.8) is 0 Å². The van der Waals surface area contributed by atoms with E-state index in [-0.39, 0.29) is 43.2 Å². The summed E-state index contributed by atoms with van der Waals surface area (Å²) in [6, 6.07) is 5.56. The van der Waals surface area contributed by atoms with Gasteiger partial charge in [0.1, 0.15) is 69.0 Å². The fourth-order valence-corrected chi connectivity index (χ4v) is 14.8. The second kappa shape index (κ2) is 38.7. The van der Waals surface area contributed by atoms with Gasteiger partial charge in [0.15, 0.2) is 56.0 Å². The van der Waals surface area contributed by atoms with Crippen molar-refractivity contribution in [1.82, 2.24) is 38.6 Å². The van der Waals surface area contributed by atoms with E-state index in [1.54, 1.807) is 45.1 Å². The summed E-state index contributed by atoms with van der Waals surface area (Å²) in [4.78, 5) is 82.9. The Kier molecular flexibility index (Phi) is 35.1. The molecule has 4 aliphatic heterocycles. The van der Waals surface area contributed by atoms with Gasteiger partial charge in [-0.2, -0.15) is 4.98 Å². The molecule has 4 aromatic rings. The average Bonchev–Trinajstić information content (AvgIpc) is 1.64. The van der Waals surface area contributed by atoms with E-state index in [4.69, 9.17) is 115 Å². The van der Waals surface area contributed by atoms with Gasteiger partial charge in [-0.15, -0.1) is 11.2 Å². The minimum atomic E-state index is -3.29. The molecule has 5 unspecified atom stereocenters. The van der Waals surface area contributed by atoms with E-state index in [9.17, 15) is 61.6 Å². The number of carbonyl (C=O) groups excluding carboxylic acids is 3. The SMILES string of the molecule is CC[C@@]1(CF)OC(OC(C)=O)C(OC(C)=O)[C@H]1C.CC[C@@]1(CF)O[C@@H](n2ccc(=O)[nH]c2=S)[C@H](O)C1C.CC[C@@]1(CF)O[C@@H](n2ccc(=O)[nH]c2=S)[C@H](OC(C)=O)C1C.C[Si](C)(C)Oc1ccnc(S[Si](C)(C)C)n1.O=c1ccn([C@@H]2O[C@@](CO)(CF)C(O)[C@H]2O)c(=S)[nH]1.[Cl][Sn]([Cl])([Cl])[Cl]. The first-order valence-corrected chi connectivity index (χ1v) is 54.9. The molecule has 0 amide bonds. The zero-order valence-corrected chi connectivity index (χ0v) is 68.2. The normalized spacial score (nSPS) is 29.3. The Morgan fingerprint density at radius 2 is 0.970 bits per heavy atom. The number of aromatic amines is 3. The maximum atomic E-state index is 13.6. The fraction of sp³-hybridized carbons (Fsp3) is 0.672. The molecule has 0 spiro atoms. The van der Waals surface area contributed by atoms with Gasteiger partial charge in [0.05, 0.1) is 6.61 Å². The fourth-order valence-electron chi connectivity index (χ4n) is 10.5. The van der Waals surface area contributed by atoms with Crippen LogP contribution in [0.5, 0.6) is 5.88 Å². The van der Waals surface area contributed by atoms with Gasteiger partial charge in [0.25, 0.3) is 16.7 Å². The van der Waals surface area contributed by atoms with Crippen LogP contribution in [0.2, 0.25) is 39.3 Å². The first kappa shape index (κ1) is 89.9. The number of esters is 3. The summed E-state index contributed by atoms with van der Waals surface area (Å²) >= 11 is 13.6. The Bertz CT molecular complexity index is 3540. The molecule has 0 aromatic carbocycles.